The lowest BCUT2D eigenvalue weighted by molar-refractivity contribution is 0.0932. The summed E-state index contributed by atoms with van der Waals surface area (Å²) in [6, 6.07) is 8.99. The Kier molecular flexibility index (Phi) is 8.46. The topological polar surface area (TPSA) is 148 Å². The third kappa shape index (κ3) is 6.16. The number of pyridine rings is 1. The fourth-order valence-electron chi connectivity index (χ4n) is 4.90. The summed E-state index contributed by atoms with van der Waals surface area (Å²) in [5.74, 6) is 0.257. The number of hydrogen-bond acceptors (Lipinski definition) is 8. The van der Waals surface area contributed by atoms with Gasteiger partial charge in [-0.2, -0.15) is 5.10 Å². The van der Waals surface area contributed by atoms with E-state index in [0.29, 0.717) is 55.6 Å². The van der Waals surface area contributed by atoms with Gasteiger partial charge in [0.1, 0.15) is 17.3 Å². The summed E-state index contributed by atoms with van der Waals surface area (Å²) in [6.07, 6.45) is 6.92. The van der Waals surface area contributed by atoms with Crippen molar-refractivity contribution in [2.24, 2.45) is 10.7 Å². The highest BCUT2D eigenvalue weighted by Crippen LogP contribution is 2.32. The summed E-state index contributed by atoms with van der Waals surface area (Å²) in [7, 11) is 1.59. The SMILES string of the molecule is CCc1cc(O)ccc1/N=C(\N)c1cnn2cc(-c3cnc(C(=O)NCCOC)cc3C)cc2c1N[C@H]1CCOC1. The minimum atomic E-state index is -0.245. The number of rotatable bonds is 10. The van der Waals surface area contributed by atoms with Crippen molar-refractivity contribution < 1.29 is 19.4 Å². The van der Waals surface area contributed by atoms with Crippen molar-refractivity contribution in [3.05, 3.63) is 71.3 Å². The average Bonchev–Trinajstić information content (AvgIpc) is 3.64. The van der Waals surface area contributed by atoms with E-state index in [0.717, 1.165) is 39.9 Å². The van der Waals surface area contributed by atoms with Gasteiger partial charge in [-0.3, -0.25) is 9.78 Å². The third-order valence-electron chi connectivity index (χ3n) is 7.12. The molecule has 5 rings (SSSR count). The third-order valence-corrected chi connectivity index (χ3v) is 7.12. The Hall–Kier alpha value is -4.48. The summed E-state index contributed by atoms with van der Waals surface area (Å²) in [5, 5.41) is 21.0. The van der Waals surface area contributed by atoms with E-state index in [1.807, 2.05) is 26.1 Å². The van der Waals surface area contributed by atoms with Gasteiger partial charge >= 0.3 is 0 Å². The van der Waals surface area contributed by atoms with Crippen LogP contribution in [0.5, 0.6) is 5.75 Å². The van der Waals surface area contributed by atoms with E-state index in [1.165, 1.54) is 0 Å². The van der Waals surface area contributed by atoms with Crippen molar-refractivity contribution >= 4 is 28.6 Å². The predicted octanol–water partition coefficient (Wildman–Crippen LogP) is 3.59. The van der Waals surface area contributed by atoms with Crippen LogP contribution >= 0.6 is 0 Å². The van der Waals surface area contributed by atoms with Crippen LogP contribution in [0.3, 0.4) is 0 Å². The molecule has 1 amide bonds. The number of aryl methyl sites for hydroxylation is 2. The molecular weight excluding hydrogens is 522 g/mol. The molecule has 41 heavy (non-hydrogen) atoms. The molecule has 1 saturated heterocycles. The van der Waals surface area contributed by atoms with Gasteiger partial charge in [0, 0.05) is 43.8 Å². The number of methoxy groups -OCH3 is 1. The number of benzene rings is 1. The molecule has 0 saturated carbocycles. The quantitative estimate of drug-likeness (QED) is 0.131. The zero-order valence-electron chi connectivity index (χ0n) is 23.5. The maximum Gasteiger partial charge on any atom is 0.269 e. The molecule has 0 radical (unpaired) electrons. The molecule has 214 valence electrons. The maximum absolute atomic E-state index is 12.5. The second kappa shape index (κ2) is 12.4. The highest BCUT2D eigenvalue weighted by Gasteiger charge is 2.22. The number of fused-ring (bicyclic) bond motifs is 1. The average molecular weight is 558 g/mol. The molecule has 11 heteroatoms. The van der Waals surface area contributed by atoms with E-state index < -0.39 is 0 Å². The maximum atomic E-state index is 12.5. The molecule has 4 aromatic rings. The number of ether oxygens (including phenoxy) is 2. The monoisotopic (exact) mass is 557 g/mol. The molecule has 11 nitrogen and oxygen atoms in total. The van der Waals surface area contributed by atoms with E-state index in [1.54, 1.807) is 48.3 Å². The molecule has 0 aliphatic carbocycles. The van der Waals surface area contributed by atoms with Crippen molar-refractivity contribution in [2.75, 3.05) is 38.8 Å². The molecule has 3 aromatic heterocycles. The first-order valence-electron chi connectivity index (χ1n) is 13.6. The van der Waals surface area contributed by atoms with Gasteiger partial charge < -0.3 is 30.9 Å². The molecule has 1 atom stereocenters. The lowest BCUT2D eigenvalue weighted by Crippen LogP contribution is -2.27. The van der Waals surface area contributed by atoms with Crippen LogP contribution in [0.1, 0.15) is 40.5 Å². The van der Waals surface area contributed by atoms with E-state index in [2.05, 4.69) is 20.7 Å². The van der Waals surface area contributed by atoms with Crippen LogP contribution in [0.2, 0.25) is 0 Å². The molecule has 1 fully saturated rings. The van der Waals surface area contributed by atoms with Crippen molar-refractivity contribution in [2.45, 2.75) is 32.7 Å². The number of carbonyl (C=O) groups excluding carboxylic acids is 1. The van der Waals surface area contributed by atoms with Gasteiger partial charge in [0.2, 0.25) is 0 Å². The fourth-order valence-corrected chi connectivity index (χ4v) is 4.90. The lowest BCUT2D eigenvalue weighted by atomic mass is 10.0. The molecule has 5 N–H and O–H groups in total. The Balaban J connectivity index is 1.54. The molecule has 1 aliphatic heterocycles. The first-order chi connectivity index (χ1) is 19.9. The second-order valence-corrected chi connectivity index (χ2v) is 9.99. The minimum Gasteiger partial charge on any atom is -0.508 e. The number of amidine groups is 1. The van der Waals surface area contributed by atoms with Crippen LogP contribution in [0.4, 0.5) is 11.4 Å². The summed E-state index contributed by atoms with van der Waals surface area (Å²) in [4.78, 5) is 21.6. The number of carbonyl (C=O) groups is 1. The van der Waals surface area contributed by atoms with Crippen molar-refractivity contribution in [3.8, 4) is 16.9 Å². The number of nitrogens with zero attached hydrogens (tertiary/aromatic N) is 4. The van der Waals surface area contributed by atoms with Crippen LogP contribution in [-0.4, -0.2) is 71.0 Å². The fraction of sp³-hybridized carbons (Fsp3) is 0.333. The van der Waals surface area contributed by atoms with E-state index in [-0.39, 0.29) is 17.7 Å². The van der Waals surface area contributed by atoms with Crippen LogP contribution in [-0.2, 0) is 15.9 Å². The van der Waals surface area contributed by atoms with Crippen molar-refractivity contribution in [1.82, 2.24) is 19.9 Å². The second-order valence-electron chi connectivity index (χ2n) is 9.99. The molecule has 4 heterocycles. The number of aromatic nitrogens is 3. The van der Waals surface area contributed by atoms with Crippen LogP contribution in [0, 0.1) is 6.92 Å². The Labute approximate surface area is 238 Å². The number of aliphatic imine (C=N–C) groups is 1. The van der Waals surface area contributed by atoms with Crippen LogP contribution in [0.15, 0.2) is 53.9 Å². The summed E-state index contributed by atoms with van der Waals surface area (Å²) < 4.78 is 12.4. The van der Waals surface area contributed by atoms with Gasteiger partial charge in [-0.1, -0.05) is 6.92 Å². The van der Waals surface area contributed by atoms with Gasteiger partial charge in [-0.05, 0) is 61.2 Å². The van der Waals surface area contributed by atoms with Crippen LogP contribution in [0.25, 0.3) is 16.6 Å². The molecular formula is C30H35N7O4. The standard InChI is InChI=1S/C30H35N7O4/c1-4-19-12-22(38)5-6-25(19)36-29(31)24-15-34-37-16-20(13-27(37)28(24)35-21-7-9-41-17-21)23-14-33-26(11-18(23)2)30(39)32-8-10-40-3/h5-6,11-16,21,35,38H,4,7-10,17H2,1-3H3,(H2,31,36)(H,32,39)/t21-/m0/s1. The van der Waals surface area contributed by atoms with Crippen molar-refractivity contribution in [3.63, 3.8) is 0 Å². The minimum absolute atomic E-state index is 0.116. The number of anilines is 1. The van der Waals surface area contributed by atoms with Gasteiger partial charge in [0.25, 0.3) is 5.91 Å². The first kappa shape index (κ1) is 28.1. The highest BCUT2D eigenvalue weighted by molar-refractivity contribution is 6.06. The largest absolute Gasteiger partial charge is 0.508 e. The van der Waals surface area contributed by atoms with Gasteiger partial charge in [-0.25, -0.2) is 9.51 Å². The summed E-state index contributed by atoms with van der Waals surface area (Å²) in [6.45, 7) is 6.08. The number of phenolic OH excluding ortho intramolecular Hbond substituents is 1. The van der Waals surface area contributed by atoms with E-state index >= 15 is 0 Å². The predicted molar refractivity (Wildman–Crippen MR) is 158 cm³/mol. The van der Waals surface area contributed by atoms with Gasteiger partial charge in [0.15, 0.2) is 0 Å². The summed E-state index contributed by atoms with van der Waals surface area (Å²) in [5.41, 5.74) is 13.5. The Morgan fingerprint density at radius 3 is 2.88 bits per heavy atom. The first-order valence-corrected chi connectivity index (χ1v) is 13.6. The molecule has 0 spiro atoms. The number of nitrogens with two attached hydrogens (primary N) is 1. The Morgan fingerprint density at radius 1 is 1.29 bits per heavy atom. The molecule has 1 aliphatic rings. The highest BCUT2D eigenvalue weighted by atomic mass is 16.5. The lowest BCUT2D eigenvalue weighted by Gasteiger charge is -2.17. The summed E-state index contributed by atoms with van der Waals surface area (Å²) >= 11 is 0. The molecule has 0 unspecified atom stereocenters. The van der Waals surface area contributed by atoms with Crippen LogP contribution < -0.4 is 16.4 Å². The van der Waals surface area contributed by atoms with E-state index in [4.69, 9.17) is 20.2 Å². The number of nitrogens with one attached hydrogen (secondary N) is 2. The van der Waals surface area contributed by atoms with Gasteiger partial charge in [-0.15, -0.1) is 0 Å². The number of hydrogen-bond donors (Lipinski definition) is 4. The van der Waals surface area contributed by atoms with Crippen molar-refractivity contribution in [1.29, 1.82) is 0 Å². The van der Waals surface area contributed by atoms with Gasteiger partial charge in [0.05, 0.1) is 47.9 Å². The van der Waals surface area contributed by atoms with E-state index in [9.17, 15) is 9.90 Å². The molecule has 0 bridgehead atoms. The molecule has 1 aromatic carbocycles. The number of phenols is 1. The smallest absolute Gasteiger partial charge is 0.269 e. The Morgan fingerprint density at radius 2 is 2.15 bits per heavy atom. The normalized spacial score (nSPS) is 15.4. The number of amides is 1. The zero-order valence-corrected chi connectivity index (χ0v) is 23.5. The zero-order chi connectivity index (χ0) is 28.9. The Bertz CT molecular complexity index is 1590. The number of aromatic hydroxyl groups is 1.